The van der Waals surface area contributed by atoms with Crippen molar-refractivity contribution in [3.63, 3.8) is 0 Å². The second-order valence-corrected chi connectivity index (χ2v) is 1.93. The molecule has 1 N–H and O–H groups in total. The summed E-state index contributed by atoms with van der Waals surface area (Å²) in [6.07, 6.45) is 1.29. The predicted octanol–water partition coefficient (Wildman–Crippen LogP) is 0.363. The summed E-state index contributed by atoms with van der Waals surface area (Å²) in [5, 5.41) is 3.04. The maximum absolute atomic E-state index is 10.5. The number of hydrogen-bond donors (Lipinski definition) is 1. The predicted molar refractivity (Wildman–Crippen MR) is 39.5 cm³/mol. The molecular formula is C7H14NO2. The third-order valence-corrected chi connectivity index (χ3v) is 1.09. The van der Waals surface area contributed by atoms with Crippen LogP contribution in [0.4, 0.5) is 0 Å². The van der Waals surface area contributed by atoms with Crippen LogP contribution in [0.2, 0.25) is 0 Å². The standard InChI is InChI=1S/C7H14NO2/c1-3-5-8-6-4-7(9)10-2/h8H,1,3-6H2,2H3. The van der Waals surface area contributed by atoms with Crippen LogP contribution in [0.25, 0.3) is 0 Å². The van der Waals surface area contributed by atoms with E-state index in [1.165, 1.54) is 7.11 Å². The zero-order valence-corrected chi connectivity index (χ0v) is 6.35. The highest BCUT2D eigenvalue weighted by atomic mass is 16.5. The Labute approximate surface area is 61.8 Å². The van der Waals surface area contributed by atoms with Crippen molar-refractivity contribution in [2.24, 2.45) is 0 Å². The lowest BCUT2D eigenvalue weighted by molar-refractivity contribution is -0.140. The molecule has 0 aliphatic rings. The molecule has 0 saturated carbocycles. The first kappa shape index (κ1) is 9.43. The van der Waals surface area contributed by atoms with Gasteiger partial charge in [-0.1, -0.05) is 6.92 Å². The van der Waals surface area contributed by atoms with Gasteiger partial charge in [-0.05, 0) is 13.0 Å². The van der Waals surface area contributed by atoms with Crippen LogP contribution in [0.15, 0.2) is 0 Å². The Morgan fingerprint density at radius 2 is 2.30 bits per heavy atom. The second-order valence-electron chi connectivity index (χ2n) is 1.93. The Bertz CT molecular complexity index is 93.6. The van der Waals surface area contributed by atoms with E-state index in [0.717, 1.165) is 13.0 Å². The van der Waals surface area contributed by atoms with Gasteiger partial charge in [-0.25, -0.2) is 0 Å². The Morgan fingerprint density at radius 3 is 2.80 bits per heavy atom. The van der Waals surface area contributed by atoms with Crippen molar-refractivity contribution < 1.29 is 9.53 Å². The van der Waals surface area contributed by atoms with Gasteiger partial charge in [0.2, 0.25) is 0 Å². The van der Waals surface area contributed by atoms with Gasteiger partial charge < -0.3 is 10.1 Å². The van der Waals surface area contributed by atoms with Crippen LogP contribution < -0.4 is 5.32 Å². The highest BCUT2D eigenvalue weighted by Crippen LogP contribution is 1.80. The van der Waals surface area contributed by atoms with Crippen LogP contribution in [0, 0.1) is 6.92 Å². The lowest BCUT2D eigenvalue weighted by Gasteiger charge is -1.99. The van der Waals surface area contributed by atoms with Crippen LogP contribution in [0.1, 0.15) is 12.8 Å². The fraction of sp³-hybridized carbons (Fsp3) is 0.714. The van der Waals surface area contributed by atoms with Crippen molar-refractivity contribution in [1.82, 2.24) is 5.32 Å². The van der Waals surface area contributed by atoms with Gasteiger partial charge in [0.15, 0.2) is 0 Å². The molecule has 0 amide bonds. The number of methoxy groups -OCH3 is 1. The smallest absolute Gasteiger partial charge is 0.306 e. The average molecular weight is 144 g/mol. The first-order chi connectivity index (χ1) is 4.81. The van der Waals surface area contributed by atoms with Crippen LogP contribution in [0.3, 0.4) is 0 Å². The molecule has 3 heteroatoms. The molecule has 0 fully saturated rings. The summed E-state index contributed by atoms with van der Waals surface area (Å²) in [5.41, 5.74) is 0. The van der Waals surface area contributed by atoms with Gasteiger partial charge in [0.05, 0.1) is 13.5 Å². The van der Waals surface area contributed by atoms with Gasteiger partial charge in [-0.3, -0.25) is 4.79 Å². The summed E-state index contributed by atoms with van der Waals surface area (Å²) < 4.78 is 4.44. The molecule has 0 aliphatic carbocycles. The fourth-order valence-electron chi connectivity index (χ4n) is 0.543. The first-order valence-electron chi connectivity index (χ1n) is 3.38. The zero-order valence-electron chi connectivity index (χ0n) is 6.35. The Balaban J connectivity index is 2.96. The maximum Gasteiger partial charge on any atom is 0.306 e. The Hall–Kier alpha value is -0.570. The number of rotatable bonds is 5. The van der Waals surface area contributed by atoms with Crippen molar-refractivity contribution in [2.75, 3.05) is 20.2 Å². The topological polar surface area (TPSA) is 38.3 Å². The second kappa shape index (κ2) is 6.55. The Morgan fingerprint density at radius 1 is 1.60 bits per heavy atom. The molecule has 0 rings (SSSR count). The monoisotopic (exact) mass is 144 g/mol. The summed E-state index contributed by atoms with van der Waals surface area (Å²) in [5.74, 6) is -0.170. The largest absolute Gasteiger partial charge is 0.469 e. The molecule has 0 aliphatic heterocycles. The summed E-state index contributed by atoms with van der Waals surface area (Å²) in [4.78, 5) is 10.5. The number of ether oxygens (including phenoxy) is 1. The van der Waals surface area contributed by atoms with Gasteiger partial charge in [-0.2, -0.15) is 0 Å². The maximum atomic E-state index is 10.5. The van der Waals surface area contributed by atoms with Crippen molar-refractivity contribution in [2.45, 2.75) is 12.8 Å². The average Bonchev–Trinajstić information content (AvgIpc) is 1.98. The summed E-state index contributed by atoms with van der Waals surface area (Å²) in [7, 11) is 1.39. The fourth-order valence-corrected chi connectivity index (χ4v) is 0.543. The molecule has 59 valence electrons. The summed E-state index contributed by atoms with van der Waals surface area (Å²) in [6, 6.07) is 0. The quantitative estimate of drug-likeness (QED) is 0.447. The molecule has 1 radical (unpaired) electrons. The molecule has 0 spiro atoms. The van der Waals surface area contributed by atoms with Gasteiger partial charge in [0.1, 0.15) is 0 Å². The van der Waals surface area contributed by atoms with Crippen molar-refractivity contribution in [1.29, 1.82) is 0 Å². The van der Waals surface area contributed by atoms with Crippen LogP contribution in [-0.4, -0.2) is 26.2 Å². The van der Waals surface area contributed by atoms with Crippen LogP contribution in [0.5, 0.6) is 0 Å². The van der Waals surface area contributed by atoms with E-state index < -0.39 is 0 Å². The van der Waals surface area contributed by atoms with Crippen molar-refractivity contribution in [3.05, 3.63) is 6.92 Å². The van der Waals surface area contributed by atoms with Crippen LogP contribution in [-0.2, 0) is 9.53 Å². The number of carbonyl (C=O) groups is 1. The molecule has 0 saturated heterocycles. The van der Waals surface area contributed by atoms with E-state index in [4.69, 9.17) is 0 Å². The minimum Gasteiger partial charge on any atom is -0.469 e. The van der Waals surface area contributed by atoms with E-state index in [9.17, 15) is 4.79 Å². The molecule has 0 atom stereocenters. The molecule has 10 heavy (non-hydrogen) atoms. The SMILES string of the molecule is [CH2]CCNCCC(=O)OC. The first-order valence-corrected chi connectivity index (χ1v) is 3.38. The van der Waals surface area contributed by atoms with E-state index in [2.05, 4.69) is 17.0 Å². The van der Waals surface area contributed by atoms with E-state index in [1.54, 1.807) is 0 Å². The minimum atomic E-state index is -0.170. The van der Waals surface area contributed by atoms with E-state index in [1.807, 2.05) is 0 Å². The number of esters is 1. The van der Waals surface area contributed by atoms with E-state index in [0.29, 0.717) is 13.0 Å². The number of nitrogens with one attached hydrogen (secondary N) is 1. The normalized spacial score (nSPS) is 9.40. The van der Waals surface area contributed by atoms with Gasteiger partial charge in [0.25, 0.3) is 0 Å². The van der Waals surface area contributed by atoms with Crippen molar-refractivity contribution >= 4 is 5.97 Å². The number of hydrogen-bond acceptors (Lipinski definition) is 3. The highest BCUT2D eigenvalue weighted by Gasteiger charge is 1.96. The molecule has 0 heterocycles. The molecule has 0 aromatic carbocycles. The summed E-state index contributed by atoms with van der Waals surface area (Å²) in [6.45, 7) is 5.18. The molecule has 0 aromatic rings. The molecule has 0 aromatic heterocycles. The van der Waals surface area contributed by atoms with Gasteiger partial charge in [0, 0.05) is 6.54 Å². The lowest BCUT2D eigenvalue weighted by Crippen LogP contribution is -2.19. The zero-order chi connectivity index (χ0) is 7.82. The molecule has 0 unspecified atom stereocenters. The molecule has 0 bridgehead atoms. The Kier molecular flexibility index (Phi) is 6.18. The lowest BCUT2D eigenvalue weighted by atomic mass is 10.4. The number of carbonyl (C=O) groups excluding carboxylic acids is 1. The van der Waals surface area contributed by atoms with E-state index in [-0.39, 0.29) is 5.97 Å². The highest BCUT2D eigenvalue weighted by molar-refractivity contribution is 5.69. The van der Waals surface area contributed by atoms with E-state index >= 15 is 0 Å². The van der Waals surface area contributed by atoms with Crippen LogP contribution >= 0.6 is 0 Å². The van der Waals surface area contributed by atoms with Crippen molar-refractivity contribution in [3.8, 4) is 0 Å². The summed E-state index contributed by atoms with van der Waals surface area (Å²) >= 11 is 0. The third kappa shape index (κ3) is 5.56. The minimum absolute atomic E-state index is 0.170. The van der Waals surface area contributed by atoms with Gasteiger partial charge >= 0.3 is 5.97 Å². The third-order valence-electron chi connectivity index (χ3n) is 1.09. The molecule has 3 nitrogen and oxygen atoms in total. The molecular weight excluding hydrogens is 130 g/mol. The van der Waals surface area contributed by atoms with Gasteiger partial charge in [-0.15, -0.1) is 0 Å².